The van der Waals surface area contributed by atoms with E-state index in [1.807, 2.05) is 6.92 Å². The van der Waals surface area contributed by atoms with Gasteiger partial charge in [0.1, 0.15) is 0 Å². The summed E-state index contributed by atoms with van der Waals surface area (Å²) >= 11 is 3.30. The highest BCUT2D eigenvalue weighted by molar-refractivity contribution is 7.15. The standard InChI is InChI=1S/C17H23N5OS2/c1-11-18-13(10-24-11)8-22-7-6-14-15(9-22)25-17(20-14)21-16(23)19-12-4-2-3-5-12/h10,12H,2-9H2,1H3,(H2,19,20,21,23). The largest absolute Gasteiger partial charge is 0.335 e. The number of anilines is 1. The van der Waals surface area contributed by atoms with Crippen LogP contribution in [0.2, 0.25) is 0 Å². The first-order valence-electron chi connectivity index (χ1n) is 8.85. The van der Waals surface area contributed by atoms with Crippen LogP contribution in [-0.2, 0) is 19.5 Å². The molecule has 25 heavy (non-hydrogen) atoms. The lowest BCUT2D eigenvalue weighted by atomic mass is 10.2. The molecule has 2 aromatic rings. The minimum atomic E-state index is -0.118. The van der Waals surface area contributed by atoms with Crippen molar-refractivity contribution in [2.45, 2.75) is 58.2 Å². The molecule has 1 aliphatic carbocycles. The molecule has 0 aromatic carbocycles. The number of urea groups is 1. The van der Waals surface area contributed by atoms with Crippen molar-refractivity contribution in [2.75, 3.05) is 11.9 Å². The minimum Gasteiger partial charge on any atom is -0.335 e. The maximum atomic E-state index is 12.1. The number of nitrogens with one attached hydrogen (secondary N) is 2. The lowest BCUT2D eigenvalue weighted by Crippen LogP contribution is -2.36. The van der Waals surface area contributed by atoms with Crippen LogP contribution < -0.4 is 10.6 Å². The van der Waals surface area contributed by atoms with Crippen LogP contribution in [-0.4, -0.2) is 33.5 Å². The number of rotatable bonds is 4. The molecule has 2 aromatic heterocycles. The number of amides is 2. The molecule has 0 atom stereocenters. The number of carbonyl (C=O) groups excluding carboxylic acids is 1. The smallest absolute Gasteiger partial charge is 0.321 e. The predicted octanol–water partition coefficient (Wildman–Crippen LogP) is 3.53. The average Bonchev–Trinajstić information content (AvgIpc) is 3.28. The lowest BCUT2D eigenvalue weighted by Gasteiger charge is -2.24. The highest BCUT2D eigenvalue weighted by atomic mass is 32.1. The van der Waals surface area contributed by atoms with Crippen molar-refractivity contribution < 1.29 is 4.79 Å². The first-order valence-corrected chi connectivity index (χ1v) is 10.5. The van der Waals surface area contributed by atoms with E-state index in [-0.39, 0.29) is 6.03 Å². The van der Waals surface area contributed by atoms with Crippen molar-refractivity contribution in [1.29, 1.82) is 0 Å². The Kier molecular flexibility index (Phi) is 5.00. The maximum Gasteiger partial charge on any atom is 0.321 e. The second-order valence-corrected chi connectivity index (χ2v) is 8.93. The third-order valence-corrected chi connectivity index (χ3v) is 6.59. The van der Waals surface area contributed by atoms with Crippen LogP contribution in [0.5, 0.6) is 0 Å². The molecule has 0 bridgehead atoms. The number of aromatic nitrogens is 2. The first kappa shape index (κ1) is 16.9. The van der Waals surface area contributed by atoms with Gasteiger partial charge in [-0.05, 0) is 19.8 Å². The first-order chi connectivity index (χ1) is 12.2. The van der Waals surface area contributed by atoms with Gasteiger partial charge in [-0.2, -0.15) is 0 Å². The van der Waals surface area contributed by atoms with E-state index in [0.717, 1.165) is 55.3 Å². The van der Waals surface area contributed by atoms with Crippen LogP contribution in [0.15, 0.2) is 5.38 Å². The van der Waals surface area contributed by atoms with Crippen LogP contribution in [0.1, 0.15) is 47.0 Å². The van der Waals surface area contributed by atoms with Crippen LogP contribution in [0.3, 0.4) is 0 Å². The molecule has 3 heterocycles. The zero-order valence-corrected chi connectivity index (χ0v) is 16.0. The second-order valence-electron chi connectivity index (χ2n) is 6.79. The molecule has 0 unspecified atom stereocenters. The van der Waals surface area contributed by atoms with Crippen LogP contribution in [0, 0.1) is 6.92 Å². The molecule has 134 valence electrons. The molecule has 2 amide bonds. The summed E-state index contributed by atoms with van der Waals surface area (Å²) in [6.45, 7) is 4.79. The summed E-state index contributed by atoms with van der Waals surface area (Å²) < 4.78 is 0. The van der Waals surface area contributed by atoms with Crippen molar-refractivity contribution in [3.8, 4) is 0 Å². The summed E-state index contributed by atoms with van der Waals surface area (Å²) in [5.74, 6) is 0. The Morgan fingerprint density at radius 3 is 2.96 bits per heavy atom. The van der Waals surface area contributed by atoms with Gasteiger partial charge in [0.2, 0.25) is 0 Å². The van der Waals surface area contributed by atoms with Crippen LogP contribution in [0.25, 0.3) is 0 Å². The lowest BCUT2D eigenvalue weighted by molar-refractivity contribution is 0.244. The number of hydrogen-bond acceptors (Lipinski definition) is 6. The Morgan fingerprint density at radius 1 is 1.36 bits per heavy atom. The SMILES string of the molecule is Cc1nc(CN2CCc3nc(NC(=O)NC4CCCC4)sc3C2)cs1. The summed E-state index contributed by atoms with van der Waals surface area (Å²) in [5.41, 5.74) is 2.27. The van der Waals surface area contributed by atoms with Gasteiger partial charge >= 0.3 is 6.03 Å². The zero-order chi connectivity index (χ0) is 17.2. The number of aryl methyl sites for hydroxylation is 1. The van der Waals surface area contributed by atoms with Gasteiger partial charge in [-0.1, -0.05) is 12.8 Å². The topological polar surface area (TPSA) is 70.2 Å². The van der Waals surface area contributed by atoms with Crippen molar-refractivity contribution in [3.05, 3.63) is 26.7 Å². The fourth-order valence-corrected chi connectivity index (χ4v) is 5.18. The summed E-state index contributed by atoms with van der Waals surface area (Å²) in [6.07, 6.45) is 5.54. The molecular formula is C17H23N5OS2. The van der Waals surface area contributed by atoms with Crippen molar-refractivity contribution in [3.63, 3.8) is 0 Å². The summed E-state index contributed by atoms with van der Waals surface area (Å²) in [4.78, 5) is 24.9. The normalized spacial score (nSPS) is 18.3. The molecule has 1 aliphatic heterocycles. The van der Waals surface area contributed by atoms with E-state index in [9.17, 15) is 4.79 Å². The Bertz CT molecular complexity index is 750. The third-order valence-electron chi connectivity index (χ3n) is 4.77. The zero-order valence-electron chi connectivity index (χ0n) is 14.4. The van der Waals surface area contributed by atoms with Gasteiger partial charge < -0.3 is 5.32 Å². The summed E-state index contributed by atoms with van der Waals surface area (Å²) in [7, 11) is 0. The third kappa shape index (κ3) is 4.19. The molecule has 0 spiro atoms. The van der Waals surface area contributed by atoms with Crippen molar-refractivity contribution in [2.24, 2.45) is 0 Å². The van der Waals surface area contributed by atoms with Gasteiger partial charge in [0.05, 0.1) is 16.4 Å². The Hall–Kier alpha value is -1.51. The quantitative estimate of drug-likeness (QED) is 0.855. The van der Waals surface area contributed by atoms with Crippen LogP contribution in [0.4, 0.5) is 9.93 Å². The molecule has 8 heteroatoms. The van der Waals surface area contributed by atoms with Crippen molar-refractivity contribution >= 4 is 33.8 Å². The second kappa shape index (κ2) is 7.39. The monoisotopic (exact) mass is 377 g/mol. The highest BCUT2D eigenvalue weighted by Crippen LogP contribution is 2.29. The average molecular weight is 378 g/mol. The van der Waals surface area contributed by atoms with E-state index >= 15 is 0 Å². The van der Waals surface area contributed by atoms with Gasteiger partial charge in [0.25, 0.3) is 0 Å². The van der Waals surface area contributed by atoms with E-state index in [1.54, 1.807) is 22.7 Å². The molecule has 2 aliphatic rings. The van der Waals surface area contributed by atoms with Gasteiger partial charge in [0, 0.05) is 42.4 Å². The predicted molar refractivity (Wildman–Crippen MR) is 101 cm³/mol. The number of thiazole rings is 2. The molecule has 1 fully saturated rings. The molecule has 2 N–H and O–H groups in total. The summed E-state index contributed by atoms with van der Waals surface area (Å²) in [5, 5.41) is 9.94. The molecule has 0 radical (unpaired) electrons. The highest BCUT2D eigenvalue weighted by Gasteiger charge is 2.23. The van der Waals surface area contributed by atoms with Crippen LogP contribution >= 0.6 is 22.7 Å². The van der Waals surface area contributed by atoms with E-state index in [1.165, 1.54) is 17.7 Å². The van der Waals surface area contributed by atoms with E-state index in [2.05, 4.69) is 30.9 Å². The Balaban J connectivity index is 1.34. The maximum absolute atomic E-state index is 12.1. The fraction of sp³-hybridized carbons (Fsp3) is 0.588. The molecule has 6 nitrogen and oxygen atoms in total. The minimum absolute atomic E-state index is 0.118. The number of carbonyl (C=O) groups is 1. The molecular weight excluding hydrogens is 354 g/mol. The Morgan fingerprint density at radius 2 is 2.20 bits per heavy atom. The van der Waals surface area contributed by atoms with E-state index < -0.39 is 0 Å². The molecule has 1 saturated carbocycles. The summed E-state index contributed by atoms with van der Waals surface area (Å²) in [6, 6.07) is 0.208. The van der Waals surface area contributed by atoms with Gasteiger partial charge in [-0.25, -0.2) is 14.8 Å². The fourth-order valence-electron chi connectivity index (χ4n) is 3.54. The number of fused-ring (bicyclic) bond motifs is 1. The van der Waals surface area contributed by atoms with E-state index in [0.29, 0.717) is 11.2 Å². The number of nitrogens with zero attached hydrogens (tertiary/aromatic N) is 3. The Labute approximate surface area is 155 Å². The van der Waals surface area contributed by atoms with E-state index in [4.69, 9.17) is 0 Å². The van der Waals surface area contributed by atoms with Gasteiger partial charge in [-0.15, -0.1) is 22.7 Å². The number of hydrogen-bond donors (Lipinski definition) is 2. The van der Waals surface area contributed by atoms with Gasteiger partial charge in [-0.3, -0.25) is 10.2 Å². The van der Waals surface area contributed by atoms with Crippen molar-refractivity contribution in [1.82, 2.24) is 20.2 Å². The van der Waals surface area contributed by atoms with Gasteiger partial charge in [0.15, 0.2) is 5.13 Å². The molecule has 4 rings (SSSR count). The molecule has 0 saturated heterocycles.